The van der Waals surface area contributed by atoms with Crippen LogP contribution in [0.1, 0.15) is 12.0 Å². The molecule has 12 heavy (non-hydrogen) atoms. The van der Waals surface area contributed by atoms with Crippen molar-refractivity contribution >= 4 is 0 Å². The maximum Gasteiger partial charge on any atom is 0.112 e. The van der Waals surface area contributed by atoms with Gasteiger partial charge in [-0.25, -0.2) is 4.39 Å². The van der Waals surface area contributed by atoms with Crippen molar-refractivity contribution in [1.29, 1.82) is 0 Å². The number of halogens is 1. The zero-order chi connectivity index (χ0) is 8.60. The Bertz CT molecular complexity index is 268. The van der Waals surface area contributed by atoms with E-state index in [2.05, 4.69) is 0 Å². The molecule has 2 N–H and O–H groups in total. The molecule has 1 aliphatic rings. The second-order valence-electron chi connectivity index (χ2n) is 3.40. The molecule has 1 nitrogen and oxygen atoms in total. The molecule has 0 saturated heterocycles. The minimum Gasteiger partial charge on any atom is -0.329 e. The molecule has 2 atom stereocenters. The SMILES string of the molecule is NC[C@]1(c2ccccc2)CC1F. The van der Waals surface area contributed by atoms with E-state index in [-0.39, 0.29) is 5.41 Å². The largest absolute Gasteiger partial charge is 0.329 e. The summed E-state index contributed by atoms with van der Waals surface area (Å²) >= 11 is 0. The van der Waals surface area contributed by atoms with E-state index in [1.54, 1.807) is 0 Å². The first kappa shape index (κ1) is 7.74. The fourth-order valence-electron chi connectivity index (χ4n) is 1.66. The van der Waals surface area contributed by atoms with Crippen LogP contribution in [-0.2, 0) is 5.41 Å². The van der Waals surface area contributed by atoms with Crippen molar-refractivity contribution in [3.63, 3.8) is 0 Å². The Balaban J connectivity index is 2.31. The van der Waals surface area contributed by atoms with E-state index in [0.717, 1.165) is 5.56 Å². The van der Waals surface area contributed by atoms with E-state index in [9.17, 15) is 4.39 Å². The fourth-order valence-corrected chi connectivity index (χ4v) is 1.66. The summed E-state index contributed by atoms with van der Waals surface area (Å²) in [6.07, 6.45) is -0.141. The molecule has 0 heterocycles. The van der Waals surface area contributed by atoms with Crippen LogP contribution < -0.4 is 5.73 Å². The van der Waals surface area contributed by atoms with Crippen LogP contribution in [-0.4, -0.2) is 12.7 Å². The summed E-state index contributed by atoms with van der Waals surface area (Å²) in [7, 11) is 0. The molecule has 1 aliphatic carbocycles. The van der Waals surface area contributed by atoms with Gasteiger partial charge < -0.3 is 5.73 Å². The third-order valence-electron chi connectivity index (χ3n) is 2.70. The van der Waals surface area contributed by atoms with E-state index >= 15 is 0 Å². The van der Waals surface area contributed by atoms with E-state index in [1.165, 1.54) is 0 Å². The highest BCUT2D eigenvalue weighted by Gasteiger charge is 2.55. The Morgan fingerprint density at radius 1 is 1.42 bits per heavy atom. The number of benzene rings is 1. The third-order valence-corrected chi connectivity index (χ3v) is 2.70. The molecule has 1 saturated carbocycles. The maximum absolute atomic E-state index is 13.0. The molecule has 0 aliphatic heterocycles. The molecular formula is C10H12FN. The first-order valence-electron chi connectivity index (χ1n) is 4.19. The van der Waals surface area contributed by atoms with E-state index in [0.29, 0.717) is 13.0 Å². The van der Waals surface area contributed by atoms with Crippen LogP contribution in [0.2, 0.25) is 0 Å². The van der Waals surface area contributed by atoms with E-state index in [1.807, 2.05) is 30.3 Å². The van der Waals surface area contributed by atoms with Crippen LogP contribution in [0, 0.1) is 0 Å². The Kier molecular flexibility index (Phi) is 1.65. The molecule has 0 spiro atoms. The van der Waals surface area contributed by atoms with Gasteiger partial charge in [0.15, 0.2) is 0 Å². The number of rotatable bonds is 2. The van der Waals surface area contributed by atoms with Gasteiger partial charge in [-0.05, 0) is 12.0 Å². The van der Waals surface area contributed by atoms with Crippen molar-refractivity contribution in [1.82, 2.24) is 0 Å². The summed E-state index contributed by atoms with van der Waals surface area (Å²) in [5.41, 5.74) is 6.25. The van der Waals surface area contributed by atoms with E-state index in [4.69, 9.17) is 5.73 Å². The van der Waals surface area contributed by atoms with Gasteiger partial charge >= 0.3 is 0 Å². The highest BCUT2D eigenvalue weighted by atomic mass is 19.1. The molecule has 0 aromatic heterocycles. The van der Waals surface area contributed by atoms with Gasteiger partial charge in [0.1, 0.15) is 6.17 Å². The van der Waals surface area contributed by atoms with Gasteiger partial charge in [0.25, 0.3) is 0 Å². The molecule has 1 aromatic rings. The molecule has 1 fully saturated rings. The van der Waals surface area contributed by atoms with Crippen LogP contribution >= 0.6 is 0 Å². The monoisotopic (exact) mass is 165 g/mol. The van der Waals surface area contributed by atoms with Crippen molar-refractivity contribution in [2.24, 2.45) is 5.73 Å². The molecule has 0 radical (unpaired) electrons. The minimum absolute atomic E-state index is 0.346. The van der Waals surface area contributed by atoms with Crippen LogP contribution in [0.5, 0.6) is 0 Å². The van der Waals surface area contributed by atoms with Crippen LogP contribution in [0.3, 0.4) is 0 Å². The lowest BCUT2D eigenvalue weighted by Crippen LogP contribution is -2.22. The summed E-state index contributed by atoms with van der Waals surface area (Å²) in [4.78, 5) is 0. The number of nitrogens with two attached hydrogens (primary N) is 1. The predicted octanol–water partition coefficient (Wildman–Crippen LogP) is 1.62. The Morgan fingerprint density at radius 3 is 2.42 bits per heavy atom. The molecule has 2 heteroatoms. The van der Waals surface area contributed by atoms with Gasteiger partial charge in [0.05, 0.1) is 0 Å². The van der Waals surface area contributed by atoms with Crippen molar-refractivity contribution in [2.45, 2.75) is 18.0 Å². The number of hydrogen-bond donors (Lipinski definition) is 1. The minimum atomic E-state index is -0.732. The highest BCUT2D eigenvalue weighted by molar-refractivity contribution is 5.35. The Hall–Kier alpha value is -0.890. The molecule has 0 amide bonds. The summed E-state index contributed by atoms with van der Waals surface area (Å²) < 4.78 is 13.0. The summed E-state index contributed by atoms with van der Waals surface area (Å²) in [5.74, 6) is 0. The van der Waals surface area contributed by atoms with Crippen molar-refractivity contribution in [3.05, 3.63) is 35.9 Å². The molecule has 0 bridgehead atoms. The first-order chi connectivity index (χ1) is 5.79. The number of alkyl halides is 1. The zero-order valence-corrected chi connectivity index (χ0v) is 6.83. The van der Waals surface area contributed by atoms with Crippen molar-refractivity contribution in [3.8, 4) is 0 Å². The van der Waals surface area contributed by atoms with Crippen LogP contribution in [0.25, 0.3) is 0 Å². The standard InChI is InChI=1S/C10H12FN/c11-9-6-10(9,7-12)8-4-2-1-3-5-8/h1-5,9H,6-7,12H2/t9?,10-/m0/s1. The van der Waals surface area contributed by atoms with Gasteiger partial charge in [-0.2, -0.15) is 0 Å². The van der Waals surface area contributed by atoms with Gasteiger partial charge in [0.2, 0.25) is 0 Å². The highest BCUT2D eigenvalue weighted by Crippen LogP contribution is 2.49. The second-order valence-corrected chi connectivity index (χ2v) is 3.40. The maximum atomic E-state index is 13.0. The second kappa shape index (κ2) is 2.56. The van der Waals surface area contributed by atoms with Crippen molar-refractivity contribution < 1.29 is 4.39 Å². The molecule has 1 unspecified atom stereocenters. The fraction of sp³-hybridized carbons (Fsp3) is 0.400. The number of hydrogen-bond acceptors (Lipinski definition) is 1. The molecular weight excluding hydrogens is 153 g/mol. The average Bonchev–Trinajstić information content (AvgIpc) is 2.80. The normalized spacial score (nSPS) is 33.3. The lowest BCUT2D eigenvalue weighted by molar-refractivity contribution is 0.423. The molecule has 2 rings (SSSR count). The topological polar surface area (TPSA) is 26.0 Å². The van der Waals surface area contributed by atoms with Gasteiger partial charge in [-0.3, -0.25) is 0 Å². The van der Waals surface area contributed by atoms with Gasteiger partial charge in [-0.1, -0.05) is 30.3 Å². The van der Waals surface area contributed by atoms with Crippen LogP contribution in [0.15, 0.2) is 30.3 Å². The van der Waals surface area contributed by atoms with Gasteiger partial charge in [-0.15, -0.1) is 0 Å². The Labute approximate surface area is 71.4 Å². The first-order valence-corrected chi connectivity index (χ1v) is 4.19. The summed E-state index contributed by atoms with van der Waals surface area (Å²) in [6.45, 7) is 0.415. The molecule has 64 valence electrons. The zero-order valence-electron chi connectivity index (χ0n) is 6.83. The van der Waals surface area contributed by atoms with E-state index < -0.39 is 6.17 Å². The summed E-state index contributed by atoms with van der Waals surface area (Å²) in [6, 6.07) is 9.69. The smallest absolute Gasteiger partial charge is 0.112 e. The lowest BCUT2D eigenvalue weighted by Gasteiger charge is -2.11. The summed E-state index contributed by atoms with van der Waals surface area (Å²) in [5, 5.41) is 0. The quantitative estimate of drug-likeness (QED) is 0.708. The third kappa shape index (κ3) is 0.950. The lowest BCUT2D eigenvalue weighted by atomic mass is 9.96. The van der Waals surface area contributed by atoms with Crippen LogP contribution in [0.4, 0.5) is 4.39 Å². The average molecular weight is 165 g/mol. The Morgan fingerprint density at radius 2 is 2.00 bits per heavy atom. The van der Waals surface area contributed by atoms with Crippen molar-refractivity contribution in [2.75, 3.05) is 6.54 Å². The predicted molar refractivity (Wildman–Crippen MR) is 46.7 cm³/mol. The van der Waals surface area contributed by atoms with Gasteiger partial charge in [0, 0.05) is 12.0 Å². The molecule has 1 aromatic carbocycles.